The van der Waals surface area contributed by atoms with E-state index in [1.54, 1.807) is 60.7 Å². The van der Waals surface area contributed by atoms with E-state index in [4.69, 9.17) is 9.47 Å². The number of esters is 2. The van der Waals surface area contributed by atoms with Gasteiger partial charge in [-0.2, -0.15) is 0 Å². The van der Waals surface area contributed by atoms with Crippen molar-refractivity contribution in [2.24, 2.45) is 0 Å². The number of hydrogen-bond acceptors (Lipinski definition) is 4. The molecule has 23 heavy (non-hydrogen) atoms. The van der Waals surface area contributed by atoms with Crippen molar-refractivity contribution in [3.05, 3.63) is 83.9 Å². The lowest BCUT2D eigenvalue weighted by Gasteiger charge is -2.07. The van der Waals surface area contributed by atoms with Crippen molar-refractivity contribution in [3.63, 3.8) is 0 Å². The molecule has 4 nitrogen and oxygen atoms in total. The van der Waals surface area contributed by atoms with E-state index in [-0.39, 0.29) is 0 Å². The molecule has 0 unspecified atom stereocenters. The first-order valence-corrected chi connectivity index (χ1v) is 6.93. The molecule has 0 saturated heterocycles. The first kappa shape index (κ1) is 16.2. The van der Waals surface area contributed by atoms with E-state index < -0.39 is 18.7 Å². The predicted octanol–water partition coefficient (Wildman–Crippen LogP) is 3.94. The van der Waals surface area contributed by atoms with Crippen LogP contribution in [0.25, 0.3) is 12.2 Å². The second-order valence-corrected chi connectivity index (χ2v) is 4.63. The average molecular weight is 308 g/mol. The van der Waals surface area contributed by atoms with E-state index in [1.165, 1.54) is 0 Å². The smallest absolute Gasteiger partial charge is 0.340 e. The van der Waals surface area contributed by atoms with Crippen LogP contribution < -0.4 is 0 Å². The van der Waals surface area contributed by atoms with Gasteiger partial charge < -0.3 is 9.47 Å². The van der Waals surface area contributed by atoms with Crippen molar-refractivity contribution in [3.8, 4) is 0 Å². The summed E-state index contributed by atoms with van der Waals surface area (Å²) >= 11 is 0. The van der Waals surface area contributed by atoms with Crippen LogP contribution in [-0.2, 0) is 9.47 Å². The van der Waals surface area contributed by atoms with Crippen LogP contribution in [0.4, 0.5) is 0 Å². The van der Waals surface area contributed by atoms with Crippen LogP contribution in [0.15, 0.2) is 61.7 Å². The van der Waals surface area contributed by atoms with Crippen molar-refractivity contribution in [2.45, 2.75) is 0 Å². The van der Waals surface area contributed by atoms with Crippen LogP contribution in [0.2, 0.25) is 0 Å². The Kier molecular flexibility index (Phi) is 5.47. The molecule has 0 aliphatic rings. The monoisotopic (exact) mass is 308 g/mol. The van der Waals surface area contributed by atoms with Crippen LogP contribution in [0.1, 0.15) is 31.8 Å². The number of hydrogen-bond donors (Lipinski definition) is 0. The molecule has 4 heteroatoms. The molecule has 0 aliphatic carbocycles. The van der Waals surface area contributed by atoms with E-state index in [1.807, 2.05) is 0 Å². The Morgan fingerprint density at radius 1 is 0.739 bits per heavy atom. The third kappa shape index (κ3) is 4.41. The van der Waals surface area contributed by atoms with Gasteiger partial charge in [-0.15, -0.1) is 0 Å². The van der Waals surface area contributed by atoms with Gasteiger partial charge in [0.15, 0.2) is 0 Å². The van der Waals surface area contributed by atoms with Gasteiger partial charge in [-0.05, 0) is 35.4 Å². The first-order valence-electron chi connectivity index (χ1n) is 6.93. The molecule has 2 aromatic carbocycles. The second kappa shape index (κ2) is 7.75. The predicted molar refractivity (Wildman–Crippen MR) is 88.8 cm³/mol. The largest absolute Gasteiger partial charge is 0.424 e. The molecule has 0 fully saturated rings. The van der Waals surface area contributed by atoms with Crippen molar-refractivity contribution in [1.82, 2.24) is 0 Å². The van der Waals surface area contributed by atoms with Gasteiger partial charge in [0.25, 0.3) is 0 Å². The summed E-state index contributed by atoms with van der Waals surface area (Å²) in [5.74, 6) is -1.12. The van der Waals surface area contributed by atoms with Crippen molar-refractivity contribution in [2.75, 3.05) is 6.79 Å². The van der Waals surface area contributed by atoms with Crippen molar-refractivity contribution < 1.29 is 19.1 Å². The Bertz CT molecular complexity index is 649. The Balaban J connectivity index is 1.85. The molecule has 0 bridgehead atoms. The number of rotatable bonds is 6. The summed E-state index contributed by atoms with van der Waals surface area (Å²) in [6.45, 7) is 6.83. The maximum atomic E-state index is 11.8. The number of carbonyl (C=O) groups is 2. The van der Waals surface area contributed by atoms with Gasteiger partial charge in [-0.1, -0.05) is 49.6 Å². The fraction of sp³-hybridized carbons (Fsp3) is 0.0526. The summed E-state index contributed by atoms with van der Waals surface area (Å²) in [5.41, 5.74) is 2.55. The van der Waals surface area contributed by atoms with Gasteiger partial charge in [0.05, 0.1) is 11.1 Å². The summed E-state index contributed by atoms with van der Waals surface area (Å²) in [7, 11) is 0. The van der Waals surface area contributed by atoms with Gasteiger partial charge in [0.2, 0.25) is 6.79 Å². The van der Waals surface area contributed by atoms with Crippen LogP contribution in [0.5, 0.6) is 0 Å². The lowest BCUT2D eigenvalue weighted by Crippen LogP contribution is -2.13. The minimum atomic E-state index is -0.560. The zero-order valence-electron chi connectivity index (χ0n) is 12.5. The zero-order valence-corrected chi connectivity index (χ0v) is 12.5. The van der Waals surface area contributed by atoms with E-state index in [0.29, 0.717) is 11.1 Å². The minimum absolute atomic E-state index is 0.377. The van der Waals surface area contributed by atoms with Crippen LogP contribution >= 0.6 is 0 Å². The SMILES string of the molecule is C=Cc1ccc(C(=O)OCOC(=O)c2ccc(C=C)cc2)cc1. The van der Waals surface area contributed by atoms with Crippen molar-refractivity contribution >= 4 is 24.1 Å². The van der Waals surface area contributed by atoms with E-state index in [9.17, 15) is 9.59 Å². The summed E-state index contributed by atoms with van der Waals surface area (Å²) in [6.07, 6.45) is 3.35. The standard InChI is InChI=1S/C19H16O4/c1-3-14-5-9-16(10-6-14)18(20)22-13-23-19(21)17-11-7-15(4-2)8-12-17/h3-12H,1-2,13H2. The van der Waals surface area contributed by atoms with Gasteiger partial charge >= 0.3 is 11.9 Å². The van der Waals surface area contributed by atoms with E-state index >= 15 is 0 Å². The average Bonchev–Trinajstić information content (AvgIpc) is 2.61. The molecule has 0 spiro atoms. The maximum absolute atomic E-state index is 11.8. The number of ether oxygens (including phenoxy) is 2. The van der Waals surface area contributed by atoms with E-state index in [2.05, 4.69) is 13.2 Å². The molecule has 0 atom stereocenters. The lowest BCUT2D eigenvalue weighted by molar-refractivity contribution is -0.0167. The normalized spacial score (nSPS) is 9.74. The fourth-order valence-corrected chi connectivity index (χ4v) is 1.81. The summed E-state index contributed by atoms with van der Waals surface area (Å²) in [5, 5.41) is 0. The highest BCUT2D eigenvalue weighted by Crippen LogP contribution is 2.09. The molecule has 0 heterocycles. The molecule has 0 saturated carbocycles. The van der Waals surface area contributed by atoms with Gasteiger partial charge in [0.1, 0.15) is 0 Å². The lowest BCUT2D eigenvalue weighted by atomic mass is 10.1. The number of carbonyl (C=O) groups excluding carboxylic acids is 2. The van der Waals surface area contributed by atoms with Crippen LogP contribution in [-0.4, -0.2) is 18.7 Å². The Hall–Kier alpha value is -3.14. The molecule has 0 radical (unpaired) electrons. The third-order valence-corrected chi connectivity index (χ3v) is 3.14. The third-order valence-electron chi connectivity index (χ3n) is 3.14. The highest BCUT2D eigenvalue weighted by atomic mass is 16.7. The fourth-order valence-electron chi connectivity index (χ4n) is 1.81. The maximum Gasteiger partial charge on any atom is 0.340 e. The van der Waals surface area contributed by atoms with Crippen molar-refractivity contribution in [1.29, 1.82) is 0 Å². The molecular weight excluding hydrogens is 292 g/mol. The van der Waals surface area contributed by atoms with Crippen LogP contribution in [0.3, 0.4) is 0 Å². The summed E-state index contributed by atoms with van der Waals surface area (Å²) in [6, 6.07) is 13.5. The highest BCUT2D eigenvalue weighted by Gasteiger charge is 2.10. The molecule has 0 aromatic heterocycles. The zero-order chi connectivity index (χ0) is 16.7. The Morgan fingerprint density at radius 3 is 1.39 bits per heavy atom. The molecule has 0 N–H and O–H groups in total. The summed E-state index contributed by atoms with van der Waals surface area (Å²) < 4.78 is 9.83. The molecule has 0 amide bonds. The second-order valence-electron chi connectivity index (χ2n) is 4.63. The quantitative estimate of drug-likeness (QED) is 0.599. The molecule has 2 aromatic rings. The first-order chi connectivity index (χ1) is 11.1. The van der Waals surface area contributed by atoms with Gasteiger partial charge in [0, 0.05) is 0 Å². The van der Waals surface area contributed by atoms with Gasteiger partial charge in [-0.3, -0.25) is 0 Å². The Labute approximate surface area is 134 Å². The number of benzene rings is 2. The van der Waals surface area contributed by atoms with Crippen LogP contribution in [0, 0.1) is 0 Å². The molecule has 2 rings (SSSR count). The molecule has 0 aliphatic heterocycles. The molecular formula is C19H16O4. The highest BCUT2D eigenvalue weighted by molar-refractivity contribution is 5.91. The Morgan fingerprint density at radius 2 is 1.09 bits per heavy atom. The van der Waals surface area contributed by atoms with Gasteiger partial charge in [-0.25, -0.2) is 9.59 Å². The molecule has 116 valence electrons. The summed E-state index contributed by atoms with van der Waals surface area (Å²) in [4.78, 5) is 23.6. The minimum Gasteiger partial charge on any atom is -0.424 e. The van der Waals surface area contributed by atoms with E-state index in [0.717, 1.165) is 11.1 Å². The topological polar surface area (TPSA) is 52.6 Å².